The van der Waals surface area contributed by atoms with Gasteiger partial charge in [0.25, 0.3) is 0 Å². The molecule has 2 aliphatic rings. The van der Waals surface area contributed by atoms with Gasteiger partial charge >= 0.3 is 11.9 Å². The number of carbonyl (C=O) groups excluding carboxylic acids is 2. The number of carbonyl (C=O) groups is 4. The summed E-state index contributed by atoms with van der Waals surface area (Å²) in [6.07, 6.45) is 9.54. The van der Waals surface area contributed by atoms with Gasteiger partial charge in [-0.15, -0.1) is 16.6 Å². The molecule has 2 saturated heterocycles. The SMILES string of the molecule is C#CCOCCOCCOCCNc1nc(N2CCN(C(=O)[C@H](CCC(=O)O)n3cc(C(N)CC(C)C)nn3)CC2)nc(N2CCN(C(=O)[C@H](CCC(=O)O)n3cc(C(N)[C@H](C)CC)nn3)CC2)n1. The lowest BCUT2D eigenvalue weighted by Crippen LogP contribution is -2.52. The number of ether oxygens (including phenoxy) is 3. The second-order valence-electron chi connectivity index (χ2n) is 17.6. The van der Waals surface area contributed by atoms with E-state index in [-0.39, 0.29) is 62.1 Å². The predicted octanol–water partition coefficient (Wildman–Crippen LogP) is 0.751. The Balaban J connectivity index is 1.27. The highest BCUT2D eigenvalue weighted by molar-refractivity contribution is 5.82. The number of aromatic nitrogens is 9. The molecule has 5 atom stereocenters. The maximum atomic E-state index is 14.1. The predicted molar refractivity (Wildman–Crippen MR) is 252 cm³/mol. The summed E-state index contributed by atoms with van der Waals surface area (Å²) >= 11 is 0. The van der Waals surface area contributed by atoms with E-state index in [9.17, 15) is 29.4 Å². The van der Waals surface area contributed by atoms with Crippen LogP contribution in [0.15, 0.2) is 12.4 Å². The van der Waals surface area contributed by atoms with Gasteiger partial charge in [-0.05, 0) is 31.1 Å². The highest BCUT2D eigenvalue weighted by atomic mass is 16.5. The van der Waals surface area contributed by atoms with E-state index in [1.54, 1.807) is 22.2 Å². The molecule has 0 bridgehead atoms. The summed E-state index contributed by atoms with van der Waals surface area (Å²) in [5.41, 5.74) is 13.8. The number of carboxylic acid groups (broad SMARTS) is 2. The summed E-state index contributed by atoms with van der Waals surface area (Å²) in [5.74, 6) is 1.30. The minimum Gasteiger partial charge on any atom is -0.481 e. The smallest absolute Gasteiger partial charge is 0.303 e. The van der Waals surface area contributed by atoms with Crippen molar-refractivity contribution in [1.82, 2.24) is 54.7 Å². The molecule has 5 rings (SSSR count). The van der Waals surface area contributed by atoms with E-state index in [0.717, 1.165) is 6.42 Å². The largest absolute Gasteiger partial charge is 0.481 e. The summed E-state index contributed by atoms with van der Waals surface area (Å²) in [6, 6.07) is -2.54. The third kappa shape index (κ3) is 16.3. The van der Waals surface area contributed by atoms with Gasteiger partial charge in [-0.25, -0.2) is 9.36 Å². The van der Waals surface area contributed by atoms with E-state index in [1.807, 2.05) is 37.5 Å². The molecule has 0 radical (unpaired) electrons. The van der Waals surface area contributed by atoms with E-state index in [0.29, 0.717) is 134 Å². The molecule has 25 nitrogen and oxygen atoms in total. The molecule has 2 aliphatic heterocycles. The second kappa shape index (κ2) is 27.2. The number of nitrogens with one attached hydrogen (secondary N) is 1. The number of aliphatic carboxylic acids is 2. The number of hydrogen-bond donors (Lipinski definition) is 5. The Kier molecular flexibility index (Phi) is 21.2. The molecular formula is C44H70N16O9. The topological polar surface area (TPSA) is 314 Å². The number of carboxylic acids is 2. The van der Waals surface area contributed by atoms with Crippen LogP contribution in [0.3, 0.4) is 0 Å². The monoisotopic (exact) mass is 967 g/mol. The number of rotatable bonds is 29. The zero-order valence-corrected chi connectivity index (χ0v) is 40.3. The number of amides is 2. The zero-order chi connectivity index (χ0) is 49.9. The minimum atomic E-state index is -1.03. The maximum absolute atomic E-state index is 14.1. The van der Waals surface area contributed by atoms with Crippen molar-refractivity contribution >= 4 is 41.6 Å². The van der Waals surface area contributed by atoms with Crippen LogP contribution in [-0.4, -0.2) is 187 Å². The Morgan fingerprint density at radius 3 is 1.68 bits per heavy atom. The number of nitrogens with zero attached hydrogens (tertiary/aromatic N) is 13. The van der Waals surface area contributed by atoms with Crippen molar-refractivity contribution in [3.05, 3.63) is 23.8 Å². The first kappa shape index (κ1) is 53.9. The molecule has 2 unspecified atom stereocenters. The standard InChI is InChI=1S/C44H70N16O9/c1-6-21-67-23-25-69-26-24-68-22-12-47-42-48-43(57-17-13-55(14-18-57)40(65)35(8-10-37(61)62)59-28-33(51-53-59)32(45)27-30(3)4)50-44(49-42)58-19-15-56(16-20-58)41(66)36(9-11-38(63)64)60-29-34(52-54-60)39(46)31(5)7-2/h1,28-32,35-36,39H,7-27,45-46H2,2-5H3,(H,61,62)(H,63,64)(H,47,48,49,50)/t31-,32?,35+,36+,39?/m1/s1. The normalized spacial score (nSPS) is 16.5. The molecule has 3 aromatic heterocycles. The lowest BCUT2D eigenvalue weighted by atomic mass is 9.98. The summed E-state index contributed by atoms with van der Waals surface area (Å²) in [4.78, 5) is 73.1. The number of anilines is 3. The van der Waals surface area contributed by atoms with Gasteiger partial charge < -0.3 is 60.8 Å². The molecule has 2 amide bonds. The lowest BCUT2D eigenvalue weighted by Gasteiger charge is -2.38. The molecule has 380 valence electrons. The summed E-state index contributed by atoms with van der Waals surface area (Å²) in [5, 5.41) is 39.2. The van der Waals surface area contributed by atoms with Crippen molar-refractivity contribution in [3.8, 4) is 12.3 Å². The fraction of sp³-hybridized carbons (Fsp3) is 0.705. The molecule has 0 saturated carbocycles. The Morgan fingerprint density at radius 1 is 0.725 bits per heavy atom. The number of piperazine rings is 2. The summed E-state index contributed by atoms with van der Waals surface area (Å²) < 4.78 is 19.3. The van der Waals surface area contributed by atoms with Gasteiger partial charge in [-0.2, -0.15) is 15.0 Å². The molecule has 25 heteroatoms. The van der Waals surface area contributed by atoms with Crippen LogP contribution in [-0.2, 0) is 33.4 Å². The molecule has 69 heavy (non-hydrogen) atoms. The van der Waals surface area contributed by atoms with E-state index < -0.39 is 24.0 Å². The van der Waals surface area contributed by atoms with E-state index in [2.05, 4.69) is 31.9 Å². The van der Waals surface area contributed by atoms with Gasteiger partial charge in [-0.3, -0.25) is 19.2 Å². The molecular weight excluding hydrogens is 897 g/mol. The molecule has 5 heterocycles. The first-order chi connectivity index (χ1) is 33.2. The van der Waals surface area contributed by atoms with E-state index >= 15 is 0 Å². The van der Waals surface area contributed by atoms with Crippen molar-refractivity contribution in [2.24, 2.45) is 23.3 Å². The lowest BCUT2D eigenvalue weighted by molar-refractivity contribution is -0.140. The van der Waals surface area contributed by atoms with Crippen molar-refractivity contribution < 1.29 is 43.6 Å². The molecule has 0 spiro atoms. The Labute approximate surface area is 402 Å². The first-order valence-corrected chi connectivity index (χ1v) is 23.7. The van der Waals surface area contributed by atoms with Gasteiger partial charge in [0.1, 0.15) is 18.7 Å². The van der Waals surface area contributed by atoms with Crippen molar-refractivity contribution in [2.75, 3.05) is 114 Å². The number of hydrogen-bond acceptors (Lipinski definition) is 19. The highest BCUT2D eigenvalue weighted by Gasteiger charge is 2.34. The highest BCUT2D eigenvalue weighted by Crippen LogP contribution is 2.26. The van der Waals surface area contributed by atoms with Crippen LogP contribution in [0.4, 0.5) is 17.8 Å². The average Bonchev–Trinajstić information content (AvgIpc) is 4.04. The molecule has 0 aromatic carbocycles. The average molecular weight is 967 g/mol. The van der Waals surface area contributed by atoms with E-state index in [4.69, 9.17) is 47.1 Å². The molecule has 2 fully saturated rings. The van der Waals surface area contributed by atoms with Gasteiger partial charge in [0.2, 0.25) is 29.7 Å². The molecule has 7 N–H and O–H groups in total. The van der Waals surface area contributed by atoms with Crippen LogP contribution >= 0.6 is 0 Å². The quantitative estimate of drug-likeness (QED) is 0.0473. The van der Waals surface area contributed by atoms with Crippen LogP contribution in [0, 0.1) is 24.2 Å². The van der Waals surface area contributed by atoms with Gasteiger partial charge in [0, 0.05) is 71.7 Å². The van der Waals surface area contributed by atoms with Crippen LogP contribution in [0.1, 0.15) is 102 Å². The molecule has 0 aliphatic carbocycles. The third-order valence-corrected chi connectivity index (χ3v) is 12.1. The number of nitrogens with two attached hydrogens (primary N) is 2. The first-order valence-electron chi connectivity index (χ1n) is 23.7. The van der Waals surface area contributed by atoms with Crippen LogP contribution in [0.5, 0.6) is 0 Å². The third-order valence-electron chi connectivity index (χ3n) is 12.1. The van der Waals surface area contributed by atoms with Crippen molar-refractivity contribution in [2.45, 2.75) is 90.4 Å². The van der Waals surface area contributed by atoms with Crippen LogP contribution < -0.4 is 26.6 Å². The van der Waals surface area contributed by atoms with Crippen LogP contribution in [0.25, 0.3) is 0 Å². The fourth-order valence-electron chi connectivity index (χ4n) is 7.84. The molecule has 3 aromatic rings. The Hall–Kier alpha value is -6.07. The summed E-state index contributed by atoms with van der Waals surface area (Å²) in [7, 11) is 0. The van der Waals surface area contributed by atoms with E-state index in [1.165, 1.54) is 9.36 Å². The zero-order valence-electron chi connectivity index (χ0n) is 40.3. The Morgan fingerprint density at radius 2 is 1.20 bits per heavy atom. The van der Waals surface area contributed by atoms with Gasteiger partial charge in [0.15, 0.2) is 0 Å². The fourth-order valence-corrected chi connectivity index (χ4v) is 7.84. The van der Waals surface area contributed by atoms with Gasteiger partial charge in [-0.1, -0.05) is 50.5 Å². The number of terminal acetylenes is 1. The van der Waals surface area contributed by atoms with Crippen molar-refractivity contribution in [3.63, 3.8) is 0 Å². The maximum Gasteiger partial charge on any atom is 0.303 e. The summed E-state index contributed by atoms with van der Waals surface area (Å²) in [6.45, 7) is 13.2. The van der Waals surface area contributed by atoms with Crippen LogP contribution in [0.2, 0.25) is 0 Å². The van der Waals surface area contributed by atoms with Gasteiger partial charge in [0.05, 0.1) is 68.9 Å². The second-order valence-corrected chi connectivity index (χ2v) is 17.6. The Bertz CT molecular complexity index is 2130. The van der Waals surface area contributed by atoms with Crippen molar-refractivity contribution in [1.29, 1.82) is 0 Å². The minimum absolute atomic E-state index is 0.0246.